The summed E-state index contributed by atoms with van der Waals surface area (Å²) in [6.07, 6.45) is 2.87. The van der Waals surface area contributed by atoms with Crippen LogP contribution in [0.2, 0.25) is 0 Å². The second kappa shape index (κ2) is 5.69. The monoisotopic (exact) mass is 204 g/mol. The highest BCUT2D eigenvalue weighted by Gasteiger charge is 2.06. The van der Waals surface area contributed by atoms with E-state index < -0.39 is 0 Å². The molecule has 0 amide bonds. The van der Waals surface area contributed by atoms with Crippen molar-refractivity contribution in [3.05, 3.63) is 35.4 Å². The zero-order valence-electron chi connectivity index (χ0n) is 9.86. The van der Waals surface area contributed by atoms with Crippen molar-refractivity contribution in [2.75, 3.05) is 0 Å². The Kier molecular flexibility index (Phi) is 4.54. The molecule has 82 valence electrons. The first kappa shape index (κ1) is 12.0. The summed E-state index contributed by atoms with van der Waals surface area (Å²) >= 11 is 0. The van der Waals surface area contributed by atoms with Crippen LogP contribution in [0.4, 0.5) is 0 Å². The Morgan fingerprint density at radius 3 is 2.20 bits per heavy atom. The van der Waals surface area contributed by atoms with E-state index in [0.29, 0.717) is 5.92 Å². The molecule has 1 heteroatoms. The van der Waals surface area contributed by atoms with Gasteiger partial charge in [0.25, 0.3) is 0 Å². The molecule has 0 saturated carbocycles. The normalized spacial score (nSPS) is 12.8. The summed E-state index contributed by atoms with van der Waals surface area (Å²) in [7, 11) is 0. The second-order valence-corrected chi connectivity index (χ2v) is 4.40. The van der Waals surface area contributed by atoms with Gasteiger partial charge in [0.1, 0.15) is 6.29 Å². The molecule has 0 radical (unpaired) electrons. The van der Waals surface area contributed by atoms with Crippen LogP contribution in [-0.2, 0) is 11.2 Å². The minimum atomic E-state index is 0.176. The molecule has 0 spiro atoms. The molecule has 0 N–H and O–H groups in total. The van der Waals surface area contributed by atoms with Gasteiger partial charge in [-0.3, -0.25) is 0 Å². The number of hydrogen-bond donors (Lipinski definition) is 0. The van der Waals surface area contributed by atoms with E-state index in [0.717, 1.165) is 19.1 Å². The Hall–Kier alpha value is -1.11. The van der Waals surface area contributed by atoms with Crippen molar-refractivity contribution in [2.45, 2.75) is 39.5 Å². The van der Waals surface area contributed by atoms with Crippen molar-refractivity contribution in [3.8, 4) is 0 Å². The van der Waals surface area contributed by atoms with Crippen LogP contribution in [0.5, 0.6) is 0 Å². The summed E-state index contributed by atoms with van der Waals surface area (Å²) in [6.45, 7) is 6.44. The Bertz CT molecular complexity index is 298. The Morgan fingerprint density at radius 2 is 1.80 bits per heavy atom. The van der Waals surface area contributed by atoms with Gasteiger partial charge in [-0.05, 0) is 29.9 Å². The van der Waals surface area contributed by atoms with Crippen molar-refractivity contribution in [1.82, 2.24) is 0 Å². The summed E-state index contributed by atoms with van der Waals surface area (Å²) in [5.74, 6) is 0.752. The van der Waals surface area contributed by atoms with E-state index in [2.05, 4.69) is 45.0 Å². The fourth-order valence-electron chi connectivity index (χ4n) is 1.63. The van der Waals surface area contributed by atoms with E-state index in [-0.39, 0.29) is 5.92 Å². The van der Waals surface area contributed by atoms with Gasteiger partial charge in [-0.25, -0.2) is 0 Å². The maximum Gasteiger partial charge on any atom is 0.123 e. The van der Waals surface area contributed by atoms with E-state index in [9.17, 15) is 4.79 Å². The van der Waals surface area contributed by atoms with Gasteiger partial charge in [0.05, 0.1) is 0 Å². The molecule has 0 saturated heterocycles. The molecule has 1 nitrogen and oxygen atoms in total. The molecule has 15 heavy (non-hydrogen) atoms. The fraction of sp³-hybridized carbons (Fsp3) is 0.500. The lowest BCUT2D eigenvalue weighted by molar-refractivity contribution is -0.111. The van der Waals surface area contributed by atoms with Crippen LogP contribution in [0, 0.1) is 5.92 Å². The first-order valence-corrected chi connectivity index (χ1v) is 5.71. The molecule has 0 heterocycles. The third-order valence-corrected chi connectivity index (χ3v) is 2.86. The van der Waals surface area contributed by atoms with Crippen molar-refractivity contribution in [1.29, 1.82) is 0 Å². The SMILES string of the molecule is CC[C@H](C=O)Cc1ccc(C(C)C)cc1. The highest BCUT2D eigenvalue weighted by Crippen LogP contribution is 2.16. The number of rotatable bonds is 5. The molecule has 0 aliphatic carbocycles. The molecule has 1 atom stereocenters. The zero-order chi connectivity index (χ0) is 11.3. The van der Waals surface area contributed by atoms with Crippen molar-refractivity contribution < 1.29 is 4.79 Å². The van der Waals surface area contributed by atoms with Crippen LogP contribution in [0.15, 0.2) is 24.3 Å². The quantitative estimate of drug-likeness (QED) is 0.670. The van der Waals surface area contributed by atoms with Crippen LogP contribution >= 0.6 is 0 Å². The average Bonchev–Trinajstić information content (AvgIpc) is 2.26. The summed E-state index contributed by atoms with van der Waals surface area (Å²) in [5, 5.41) is 0. The molecule has 0 aliphatic rings. The summed E-state index contributed by atoms with van der Waals surface area (Å²) in [5.41, 5.74) is 2.62. The number of benzene rings is 1. The lowest BCUT2D eigenvalue weighted by Crippen LogP contribution is -2.04. The molecule has 0 aromatic heterocycles. The third-order valence-electron chi connectivity index (χ3n) is 2.86. The molecule has 0 aliphatic heterocycles. The molecular weight excluding hydrogens is 184 g/mol. The largest absolute Gasteiger partial charge is 0.303 e. The van der Waals surface area contributed by atoms with Crippen LogP contribution in [0.25, 0.3) is 0 Å². The first-order chi connectivity index (χ1) is 7.17. The maximum atomic E-state index is 10.7. The van der Waals surface area contributed by atoms with Gasteiger partial charge >= 0.3 is 0 Å². The zero-order valence-corrected chi connectivity index (χ0v) is 9.86. The average molecular weight is 204 g/mol. The molecule has 0 bridgehead atoms. The topological polar surface area (TPSA) is 17.1 Å². The van der Waals surface area contributed by atoms with Crippen LogP contribution < -0.4 is 0 Å². The molecule has 0 fully saturated rings. The molecule has 1 rings (SSSR count). The van der Waals surface area contributed by atoms with Gasteiger partial charge in [0.2, 0.25) is 0 Å². The Morgan fingerprint density at radius 1 is 1.20 bits per heavy atom. The first-order valence-electron chi connectivity index (χ1n) is 5.71. The van der Waals surface area contributed by atoms with Crippen LogP contribution in [0.1, 0.15) is 44.2 Å². The smallest absolute Gasteiger partial charge is 0.123 e. The molecule has 1 aromatic rings. The van der Waals surface area contributed by atoms with E-state index in [1.54, 1.807) is 0 Å². The lowest BCUT2D eigenvalue weighted by Gasteiger charge is -2.09. The van der Waals surface area contributed by atoms with E-state index in [4.69, 9.17) is 0 Å². The third kappa shape index (κ3) is 3.50. The minimum absolute atomic E-state index is 0.176. The van der Waals surface area contributed by atoms with Crippen molar-refractivity contribution >= 4 is 6.29 Å². The Labute approximate surface area is 92.5 Å². The van der Waals surface area contributed by atoms with Gasteiger partial charge in [-0.2, -0.15) is 0 Å². The number of hydrogen-bond acceptors (Lipinski definition) is 1. The number of carbonyl (C=O) groups excluding carboxylic acids is 1. The summed E-state index contributed by atoms with van der Waals surface area (Å²) < 4.78 is 0. The van der Waals surface area contributed by atoms with Crippen LogP contribution in [0.3, 0.4) is 0 Å². The minimum Gasteiger partial charge on any atom is -0.303 e. The standard InChI is InChI=1S/C14H20O/c1-4-12(10-15)9-13-5-7-14(8-6-13)11(2)3/h5-8,10-12H,4,9H2,1-3H3/t12-/m0/s1. The Balaban J connectivity index is 2.67. The summed E-state index contributed by atoms with van der Waals surface area (Å²) in [4.78, 5) is 10.7. The fourth-order valence-corrected chi connectivity index (χ4v) is 1.63. The van der Waals surface area contributed by atoms with Gasteiger partial charge in [-0.15, -0.1) is 0 Å². The van der Waals surface area contributed by atoms with Gasteiger partial charge in [-0.1, -0.05) is 45.0 Å². The predicted molar refractivity (Wildman–Crippen MR) is 64.1 cm³/mol. The highest BCUT2D eigenvalue weighted by molar-refractivity contribution is 5.54. The lowest BCUT2D eigenvalue weighted by atomic mass is 9.95. The van der Waals surface area contributed by atoms with E-state index in [1.807, 2.05) is 0 Å². The predicted octanol–water partition coefficient (Wildman–Crippen LogP) is 3.58. The maximum absolute atomic E-state index is 10.7. The molecular formula is C14H20O. The van der Waals surface area contributed by atoms with Crippen molar-refractivity contribution in [3.63, 3.8) is 0 Å². The number of aldehydes is 1. The number of carbonyl (C=O) groups is 1. The van der Waals surface area contributed by atoms with E-state index in [1.165, 1.54) is 11.1 Å². The highest BCUT2D eigenvalue weighted by atomic mass is 16.1. The van der Waals surface area contributed by atoms with E-state index >= 15 is 0 Å². The molecule has 1 aromatic carbocycles. The van der Waals surface area contributed by atoms with Gasteiger partial charge in [0, 0.05) is 5.92 Å². The van der Waals surface area contributed by atoms with Gasteiger partial charge < -0.3 is 4.79 Å². The van der Waals surface area contributed by atoms with Crippen LogP contribution in [-0.4, -0.2) is 6.29 Å². The van der Waals surface area contributed by atoms with Crippen molar-refractivity contribution in [2.24, 2.45) is 5.92 Å². The molecule has 0 unspecified atom stereocenters. The summed E-state index contributed by atoms with van der Waals surface area (Å²) in [6, 6.07) is 8.61. The second-order valence-electron chi connectivity index (χ2n) is 4.40. The van der Waals surface area contributed by atoms with Gasteiger partial charge in [0.15, 0.2) is 0 Å².